The topological polar surface area (TPSA) is 50.2 Å². The molecule has 0 spiro atoms. The number of hydrogen-bond donors (Lipinski definition) is 1. The van der Waals surface area contributed by atoms with Crippen molar-refractivity contribution in [1.82, 2.24) is 4.98 Å². The van der Waals surface area contributed by atoms with E-state index in [9.17, 15) is 14.3 Å². The van der Waals surface area contributed by atoms with Crippen LogP contribution in [0.5, 0.6) is 0 Å². The number of nitrogens with zero attached hydrogens (tertiary/aromatic N) is 1. The number of ketones is 1. The Bertz CT molecular complexity index is 1530. The molecule has 1 N–H and O–H groups in total. The van der Waals surface area contributed by atoms with E-state index in [-0.39, 0.29) is 42.9 Å². The number of hydrogen-bond acceptors (Lipinski definition) is 3. The van der Waals surface area contributed by atoms with E-state index in [1.807, 2.05) is 65.9 Å². The zero-order valence-electron chi connectivity index (χ0n) is 25.9. The Labute approximate surface area is 258 Å². The number of rotatable bonds is 4. The molecule has 0 fully saturated rings. The second kappa shape index (κ2) is 13.4. The molecule has 1 radical (unpaired) electrons. The second-order valence-electron chi connectivity index (χ2n) is 13.2. The number of aromatic nitrogens is 1. The predicted octanol–water partition coefficient (Wildman–Crippen LogP) is 10.3. The Morgan fingerprint density at radius 1 is 0.854 bits per heavy atom. The molecule has 41 heavy (non-hydrogen) atoms. The minimum Gasteiger partial charge on any atom is -0.512 e. The van der Waals surface area contributed by atoms with Gasteiger partial charge in [-0.3, -0.25) is 4.79 Å². The van der Waals surface area contributed by atoms with Gasteiger partial charge in [-0.25, -0.2) is 4.39 Å². The summed E-state index contributed by atoms with van der Waals surface area (Å²) in [6.07, 6.45) is 3.15. The van der Waals surface area contributed by atoms with Crippen molar-refractivity contribution < 1.29 is 34.4 Å². The number of benzene rings is 3. The molecule has 0 aliphatic carbocycles. The largest absolute Gasteiger partial charge is 0.512 e. The molecule has 0 amide bonds. The van der Waals surface area contributed by atoms with Crippen LogP contribution in [-0.2, 0) is 24.9 Å². The molecule has 1 heterocycles. The molecule has 0 bridgehead atoms. The van der Waals surface area contributed by atoms with Crippen LogP contribution < -0.4 is 0 Å². The molecule has 0 unspecified atom stereocenters. The summed E-state index contributed by atoms with van der Waals surface area (Å²) in [4.78, 5) is 16.2. The summed E-state index contributed by atoms with van der Waals surface area (Å²) in [6.45, 7) is 19.9. The summed E-state index contributed by atoms with van der Waals surface area (Å²) in [5.41, 5.74) is 3.63. The van der Waals surface area contributed by atoms with Crippen LogP contribution in [0.25, 0.3) is 32.8 Å². The van der Waals surface area contributed by atoms with Crippen LogP contribution in [0.4, 0.5) is 4.39 Å². The Hall–Kier alpha value is -2.88. The molecule has 221 valence electrons. The van der Waals surface area contributed by atoms with Crippen LogP contribution in [-0.4, -0.2) is 15.9 Å². The van der Waals surface area contributed by atoms with Crippen LogP contribution in [0.3, 0.4) is 0 Å². The molecule has 0 saturated carbocycles. The molecule has 5 heteroatoms. The second-order valence-corrected chi connectivity index (χ2v) is 13.2. The first kappa shape index (κ1) is 34.3. The summed E-state index contributed by atoms with van der Waals surface area (Å²) >= 11 is 0. The van der Waals surface area contributed by atoms with Gasteiger partial charge in [0.15, 0.2) is 5.78 Å². The van der Waals surface area contributed by atoms with Gasteiger partial charge in [0.05, 0.1) is 0 Å². The maximum Gasteiger partial charge on any atom is 0.164 e. The van der Waals surface area contributed by atoms with Gasteiger partial charge in [0.2, 0.25) is 0 Å². The number of fused-ring (bicyclic) bond motifs is 3. The number of aliphatic hydroxyl groups excluding tert-OH is 1. The average molecular weight is 733 g/mol. The van der Waals surface area contributed by atoms with Crippen LogP contribution >= 0.6 is 0 Å². The van der Waals surface area contributed by atoms with Gasteiger partial charge in [-0.1, -0.05) is 87.4 Å². The van der Waals surface area contributed by atoms with Crippen LogP contribution in [0.2, 0.25) is 0 Å². The molecule has 0 aliphatic rings. The molecule has 4 aromatic rings. The fourth-order valence-corrected chi connectivity index (χ4v) is 4.12. The Morgan fingerprint density at radius 2 is 1.49 bits per heavy atom. The van der Waals surface area contributed by atoms with Crippen LogP contribution in [0.15, 0.2) is 66.6 Å². The third kappa shape index (κ3) is 8.56. The molecule has 0 atom stereocenters. The van der Waals surface area contributed by atoms with Crippen molar-refractivity contribution in [3.63, 3.8) is 0 Å². The van der Waals surface area contributed by atoms with E-state index >= 15 is 0 Å². The normalized spacial score (nSPS) is 12.4. The maximum absolute atomic E-state index is 13.8. The molecule has 3 aromatic carbocycles. The number of carbonyl (C=O) groups excluding carboxylic acids is 1. The van der Waals surface area contributed by atoms with Crippen molar-refractivity contribution in [3.8, 4) is 11.3 Å². The summed E-state index contributed by atoms with van der Waals surface area (Å²) < 4.78 is 13.8. The molecule has 4 rings (SSSR count). The monoisotopic (exact) mass is 733 g/mol. The molecular formula is C36H43FIrNO2-. The Balaban J connectivity index is 0.000000360. The maximum atomic E-state index is 13.8. The Morgan fingerprint density at radius 3 is 2.05 bits per heavy atom. The fourth-order valence-electron chi connectivity index (χ4n) is 4.12. The van der Waals surface area contributed by atoms with E-state index in [2.05, 4.69) is 56.9 Å². The number of aliphatic hydroxyl groups is 1. The van der Waals surface area contributed by atoms with Gasteiger partial charge >= 0.3 is 0 Å². The Kier molecular flexibility index (Phi) is 11.2. The summed E-state index contributed by atoms with van der Waals surface area (Å²) in [5.74, 6) is 0.712. The van der Waals surface area contributed by atoms with Crippen LogP contribution in [0.1, 0.15) is 92.2 Å². The summed E-state index contributed by atoms with van der Waals surface area (Å²) in [5, 5.41) is 13.6. The predicted molar refractivity (Wildman–Crippen MR) is 166 cm³/mol. The standard InChI is InChI=1S/C25H23FN.C11H20O2.Ir/c1-15(2)18-11-19(16(3)4)13-20(12-18)25-23-8-6-17-5-7-21(26)14-24(17)22(23)9-10-27-25;1-10(2,3)8(12)7-9(13)11(4,5)6;/h5-12,14-16H,1-4H3;7,12H,1-6H3;/q-1;;/b;8-7-;. The molecule has 3 nitrogen and oxygen atoms in total. The van der Waals surface area contributed by atoms with E-state index in [1.54, 1.807) is 6.07 Å². The van der Waals surface area contributed by atoms with Gasteiger partial charge in [-0.05, 0) is 57.3 Å². The van der Waals surface area contributed by atoms with Crippen molar-refractivity contribution in [3.05, 3.63) is 89.6 Å². The van der Waals surface area contributed by atoms with E-state index in [1.165, 1.54) is 23.3 Å². The van der Waals surface area contributed by atoms with Gasteiger partial charge < -0.3 is 10.1 Å². The zero-order valence-corrected chi connectivity index (χ0v) is 28.3. The molecule has 1 aromatic heterocycles. The first-order chi connectivity index (χ1) is 18.5. The van der Waals surface area contributed by atoms with E-state index in [0.29, 0.717) is 11.8 Å². The average Bonchev–Trinajstić information content (AvgIpc) is 2.87. The SMILES string of the molecule is CC(C)(C)C(=O)/C=C(\O)C(C)(C)C.CC(C)c1[c-]c(-c2nccc3c2ccc2ccc(F)cc23)cc(C(C)C)c1.[Ir]. The number of allylic oxidation sites excluding steroid dienone is 2. The van der Waals surface area contributed by atoms with Crippen molar-refractivity contribution >= 4 is 27.3 Å². The first-order valence-corrected chi connectivity index (χ1v) is 14.0. The van der Waals surface area contributed by atoms with Gasteiger partial charge in [0.25, 0.3) is 0 Å². The minimum absolute atomic E-state index is 0. The molecule has 0 saturated heterocycles. The fraction of sp³-hybridized carbons (Fsp3) is 0.389. The quantitative estimate of drug-likeness (QED) is 0.0984. The van der Waals surface area contributed by atoms with E-state index in [4.69, 9.17) is 0 Å². The summed E-state index contributed by atoms with van der Waals surface area (Å²) in [7, 11) is 0. The van der Waals surface area contributed by atoms with Crippen molar-refractivity contribution in [2.75, 3.05) is 0 Å². The van der Waals surface area contributed by atoms with Crippen molar-refractivity contribution in [2.24, 2.45) is 10.8 Å². The number of pyridine rings is 1. The van der Waals surface area contributed by atoms with Gasteiger partial charge in [0, 0.05) is 43.2 Å². The molecular weight excluding hydrogens is 690 g/mol. The zero-order chi connectivity index (χ0) is 30.0. The first-order valence-electron chi connectivity index (χ1n) is 14.0. The van der Waals surface area contributed by atoms with E-state index in [0.717, 1.165) is 32.8 Å². The number of halogens is 1. The minimum atomic E-state index is -0.417. The van der Waals surface area contributed by atoms with Gasteiger partial charge in [-0.2, -0.15) is 0 Å². The smallest absolute Gasteiger partial charge is 0.164 e. The third-order valence-electron chi connectivity index (χ3n) is 6.96. The molecule has 0 aliphatic heterocycles. The number of carbonyl (C=O) groups is 1. The van der Waals surface area contributed by atoms with Crippen molar-refractivity contribution in [2.45, 2.75) is 81.1 Å². The van der Waals surface area contributed by atoms with Crippen LogP contribution in [0, 0.1) is 22.7 Å². The van der Waals surface area contributed by atoms with Gasteiger partial charge in [0.1, 0.15) is 11.6 Å². The summed E-state index contributed by atoms with van der Waals surface area (Å²) in [6, 6.07) is 19.0. The van der Waals surface area contributed by atoms with Crippen molar-refractivity contribution in [1.29, 1.82) is 0 Å². The van der Waals surface area contributed by atoms with E-state index < -0.39 is 5.41 Å². The third-order valence-corrected chi connectivity index (χ3v) is 6.96. The van der Waals surface area contributed by atoms with Gasteiger partial charge in [-0.15, -0.1) is 34.9 Å².